The molecule has 0 saturated heterocycles. The Labute approximate surface area is 170 Å². The van der Waals surface area contributed by atoms with Gasteiger partial charge in [0.1, 0.15) is 6.20 Å². The van der Waals surface area contributed by atoms with Crippen molar-refractivity contribution < 1.29 is 19.2 Å². The van der Waals surface area contributed by atoms with Gasteiger partial charge in [-0.15, -0.1) is 5.10 Å². The Bertz CT molecular complexity index is 1070. The summed E-state index contributed by atoms with van der Waals surface area (Å²) in [5, 5.41) is 24.3. The summed E-state index contributed by atoms with van der Waals surface area (Å²) in [5.74, 6) is -0.739. The lowest BCUT2D eigenvalue weighted by atomic mass is 10.2. The van der Waals surface area contributed by atoms with Crippen LogP contribution in [0.1, 0.15) is 16.9 Å². The number of aryl methyl sites for hydroxylation is 2. The summed E-state index contributed by atoms with van der Waals surface area (Å²) < 4.78 is 7.67. The number of rotatable bonds is 8. The van der Waals surface area contributed by atoms with Crippen LogP contribution < -0.4 is 15.4 Å². The number of methoxy groups -OCH3 is 1. The highest BCUT2D eigenvalue weighted by molar-refractivity contribution is 6.03. The van der Waals surface area contributed by atoms with Gasteiger partial charge in [0.15, 0.2) is 5.69 Å². The summed E-state index contributed by atoms with van der Waals surface area (Å²) in [5.41, 5.74) is 1.13. The first kappa shape index (κ1) is 20.5. The normalized spacial score (nSPS) is 10.5. The zero-order valence-corrected chi connectivity index (χ0v) is 16.2. The zero-order valence-electron chi connectivity index (χ0n) is 16.2. The van der Waals surface area contributed by atoms with Crippen molar-refractivity contribution in [3.63, 3.8) is 0 Å². The molecule has 0 spiro atoms. The van der Waals surface area contributed by atoms with Crippen LogP contribution in [0.4, 0.5) is 17.1 Å². The highest BCUT2D eigenvalue weighted by Crippen LogP contribution is 2.24. The number of amides is 2. The first-order valence-electron chi connectivity index (χ1n) is 8.82. The minimum Gasteiger partial charge on any atom is -0.475 e. The van der Waals surface area contributed by atoms with E-state index in [0.717, 1.165) is 0 Å². The lowest BCUT2D eigenvalue weighted by Crippen LogP contribution is -2.15. The van der Waals surface area contributed by atoms with Gasteiger partial charge in [-0.1, -0.05) is 0 Å². The molecular weight excluding hydrogens is 394 g/mol. The Morgan fingerprint density at radius 3 is 2.33 bits per heavy atom. The fraction of sp³-hybridized carbons (Fsp3) is 0.222. The summed E-state index contributed by atoms with van der Waals surface area (Å²) in [6.45, 7) is 0.147. The molecule has 0 unspecified atom stereocenters. The van der Waals surface area contributed by atoms with Gasteiger partial charge in [0.25, 0.3) is 5.91 Å². The minimum atomic E-state index is -0.601. The maximum absolute atomic E-state index is 12.1. The smallest absolute Gasteiger partial charge is 0.350 e. The van der Waals surface area contributed by atoms with Gasteiger partial charge in [-0.2, -0.15) is 5.10 Å². The summed E-state index contributed by atoms with van der Waals surface area (Å²) in [4.78, 5) is 34.5. The minimum absolute atomic E-state index is 0.0557. The van der Waals surface area contributed by atoms with Crippen molar-refractivity contribution in [2.45, 2.75) is 13.0 Å². The van der Waals surface area contributed by atoms with E-state index < -0.39 is 4.92 Å². The molecule has 0 aliphatic carbocycles. The molecule has 0 aliphatic heterocycles. The van der Waals surface area contributed by atoms with Crippen LogP contribution in [-0.4, -0.2) is 43.4 Å². The molecule has 0 bridgehead atoms. The number of carbonyl (C=O) groups excluding carboxylic acids is 2. The molecule has 0 atom stereocenters. The van der Waals surface area contributed by atoms with E-state index >= 15 is 0 Å². The van der Waals surface area contributed by atoms with Gasteiger partial charge in [0.2, 0.25) is 5.91 Å². The zero-order chi connectivity index (χ0) is 21.7. The van der Waals surface area contributed by atoms with Crippen molar-refractivity contribution in [3.8, 4) is 5.88 Å². The molecule has 0 aliphatic rings. The molecule has 2 heterocycles. The fourth-order valence-corrected chi connectivity index (χ4v) is 2.59. The number of hydrogen-bond acceptors (Lipinski definition) is 7. The first-order valence-corrected chi connectivity index (χ1v) is 8.82. The third kappa shape index (κ3) is 4.98. The Hall–Kier alpha value is -4.22. The highest BCUT2D eigenvalue weighted by Gasteiger charge is 2.20. The van der Waals surface area contributed by atoms with E-state index in [4.69, 9.17) is 4.74 Å². The van der Waals surface area contributed by atoms with Crippen LogP contribution in [0.25, 0.3) is 0 Å². The summed E-state index contributed by atoms with van der Waals surface area (Å²) in [6.07, 6.45) is 2.94. The number of benzene rings is 1. The topological polar surface area (TPSA) is 146 Å². The lowest BCUT2D eigenvalue weighted by Gasteiger charge is -2.07. The Kier molecular flexibility index (Phi) is 6.05. The van der Waals surface area contributed by atoms with Gasteiger partial charge in [-0.3, -0.25) is 29.1 Å². The molecule has 30 heavy (non-hydrogen) atoms. The molecule has 2 aromatic heterocycles. The van der Waals surface area contributed by atoms with Crippen molar-refractivity contribution in [2.75, 3.05) is 17.7 Å². The van der Waals surface area contributed by atoms with Crippen LogP contribution in [0.5, 0.6) is 5.88 Å². The molecule has 12 nitrogen and oxygen atoms in total. The number of nitrogens with zero attached hydrogens (tertiary/aromatic N) is 5. The van der Waals surface area contributed by atoms with Gasteiger partial charge in [0, 0.05) is 31.0 Å². The molecule has 0 fully saturated rings. The van der Waals surface area contributed by atoms with Gasteiger partial charge >= 0.3 is 11.6 Å². The fourth-order valence-electron chi connectivity index (χ4n) is 2.59. The second-order valence-corrected chi connectivity index (χ2v) is 6.25. The average Bonchev–Trinajstić information content (AvgIpc) is 3.34. The number of hydrogen-bond donors (Lipinski definition) is 2. The van der Waals surface area contributed by atoms with Crippen molar-refractivity contribution in [3.05, 3.63) is 58.5 Å². The van der Waals surface area contributed by atoms with Crippen LogP contribution >= 0.6 is 0 Å². The van der Waals surface area contributed by atoms with Crippen molar-refractivity contribution in [1.82, 2.24) is 19.6 Å². The predicted octanol–water partition coefficient (Wildman–Crippen LogP) is 1.81. The maximum Gasteiger partial charge on any atom is 0.350 e. The molecule has 2 N–H and O–H groups in total. The molecule has 156 valence electrons. The van der Waals surface area contributed by atoms with Gasteiger partial charge in [0.05, 0.1) is 18.6 Å². The first-order chi connectivity index (χ1) is 14.4. The third-order valence-electron chi connectivity index (χ3n) is 4.04. The molecule has 3 aromatic rings. The molecule has 3 rings (SSSR count). The quantitative estimate of drug-likeness (QED) is 0.423. The number of carbonyl (C=O) groups is 2. The summed E-state index contributed by atoms with van der Waals surface area (Å²) >= 11 is 0. The monoisotopic (exact) mass is 413 g/mol. The van der Waals surface area contributed by atoms with E-state index in [0.29, 0.717) is 17.1 Å². The largest absolute Gasteiger partial charge is 0.475 e. The van der Waals surface area contributed by atoms with Gasteiger partial charge < -0.3 is 15.4 Å². The van der Waals surface area contributed by atoms with Crippen LogP contribution in [0.2, 0.25) is 0 Å². The number of aromatic nitrogens is 4. The third-order valence-corrected chi connectivity index (χ3v) is 4.04. The van der Waals surface area contributed by atoms with Crippen LogP contribution in [0.15, 0.2) is 42.7 Å². The highest BCUT2D eigenvalue weighted by atomic mass is 16.6. The summed E-state index contributed by atoms with van der Waals surface area (Å²) in [7, 11) is 3.01. The van der Waals surface area contributed by atoms with E-state index in [9.17, 15) is 19.7 Å². The second-order valence-electron chi connectivity index (χ2n) is 6.25. The standard InChI is InChI=1S/C18H19N7O5/c1-23-9-7-14(21-23)17(27)20-13-5-3-12(4-6-13)19-16(26)8-10-24-11-15(25(28)29)18(22-24)30-2/h3-7,9,11H,8,10H2,1-2H3,(H,19,26)(H,20,27). The number of anilines is 2. The maximum atomic E-state index is 12.1. The van der Waals surface area contributed by atoms with Crippen molar-refractivity contribution in [2.24, 2.45) is 7.05 Å². The Balaban J connectivity index is 1.52. The van der Waals surface area contributed by atoms with Gasteiger partial charge in [-0.25, -0.2) is 0 Å². The van der Waals surface area contributed by atoms with Crippen LogP contribution in [0.3, 0.4) is 0 Å². The lowest BCUT2D eigenvalue weighted by molar-refractivity contribution is -0.385. The van der Waals surface area contributed by atoms with E-state index in [-0.39, 0.29) is 36.3 Å². The molecule has 0 radical (unpaired) electrons. The van der Waals surface area contributed by atoms with E-state index in [1.807, 2.05) is 0 Å². The van der Waals surface area contributed by atoms with Crippen molar-refractivity contribution in [1.29, 1.82) is 0 Å². The van der Waals surface area contributed by atoms with Crippen LogP contribution in [0, 0.1) is 10.1 Å². The number of nitrogens with one attached hydrogen (secondary N) is 2. The molecular formula is C18H19N7O5. The molecule has 0 saturated carbocycles. The van der Waals surface area contributed by atoms with Gasteiger partial charge in [-0.05, 0) is 30.3 Å². The molecule has 2 amide bonds. The van der Waals surface area contributed by atoms with Crippen molar-refractivity contribution >= 4 is 28.9 Å². The number of ether oxygens (including phenoxy) is 1. The van der Waals surface area contributed by atoms with Crippen LogP contribution in [-0.2, 0) is 18.4 Å². The summed E-state index contributed by atoms with van der Waals surface area (Å²) in [6, 6.07) is 8.20. The van der Waals surface area contributed by atoms with E-state index in [2.05, 4.69) is 20.8 Å². The van der Waals surface area contributed by atoms with E-state index in [1.54, 1.807) is 43.6 Å². The molecule has 12 heteroatoms. The Morgan fingerprint density at radius 1 is 1.13 bits per heavy atom. The average molecular weight is 413 g/mol. The number of nitro groups is 1. The SMILES string of the molecule is COc1nn(CCC(=O)Nc2ccc(NC(=O)c3ccn(C)n3)cc2)cc1[N+](=O)[O-]. The predicted molar refractivity (Wildman–Crippen MR) is 106 cm³/mol. The van der Waals surface area contributed by atoms with E-state index in [1.165, 1.54) is 22.7 Å². The Morgan fingerprint density at radius 2 is 1.80 bits per heavy atom. The second kappa shape index (κ2) is 8.86. The molecule has 1 aromatic carbocycles.